The van der Waals surface area contributed by atoms with Crippen LogP contribution in [0.1, 0.15) is 11.6 Å². The number of halogens is 1. The molecule has 1 saturated heterocycles. The first-order valence-corrected chi connectivity index (χ1v) is 9.77. The van der Waals surface area contributed by atoms with E-state index in [1.54, 1.807) is 0 Å². The zero-order valence-corrected chi connectivity index (χ0v) is 16.5. The average molecular weight is 437 g/mol. The summed E-state index contributed by atoms with van der Waals surface area (Å²) >= 11 is 3.41. The van der Waals surface area contributed by atoms with Crippen LogP contribution < -0.4 is 15.4 Å². The van der Waals surface area contributed by atoms with Gasteiger partial charge in [-0.3, -0.25) is 0 Å². The Morgan fingerprint density at radius 3 is 2.67 bits per heavy atom. The van der Waals surface area contributed by atoms with Gasteiger partial charge in [-0.15, -0.1) is 0 Å². The summed E-state index contributed by atoms with van der Waals surface area (Å²) in [4.78, 5) is 0. The molecule has 7 heteroatoms. The number of β-amino-alcohol motifs (C(OH)–C–C–N with tert-alkyl or cyclic N) is 1. The molecule has 1 fully saturated rings. The summed E-state index contributed by atoms with van der Waals surface area (Å²) in [6.07, 6.45) is -1.49. The van der Waals surface area contributed by atoms with Gasteiger partial charge in [0.25, 0.3) is 0 Å². The van der Waals surface area contributed by atoms with Gasteiger partial charge in [0.1, 0.15) is 5.75 Å². The second-order valence-corrected chi connectivity index (χ2v) is 7.45. The molecular formula is C20H25BrN2O4. The van der Waals surface area contributed by atoms with Crippen molar-refractivity contribution in [1.82, 2.24) is 10.6 Å². The Bertz CT molecular complexity index is 703. The molecule has 6 nitrogen and oxygen atoms in total. The Morgan fingerprint density at radius 2 is 1.96 bits per heavy atom. The van der Waals surface area contributed by atoms with E-state index in [1.807, 2.05) is 54.6 Å². The van der Waals surface area contributed by atoms with Crippen LogP contribution in [0.4, 0.5) is 0 Å². The maximum atomic E-state index is 10.00. The van der Waals surface area contributed by atoms with Gasteiger partial charge >= 0.3 is 0 Å². The number of aliphatic hydroxyl groups excluding tert-OH is 2. The highest BCUT2D eigenvalue weighted by molar-refractivity contribution is 9.10. The molecule has 3 rings (SSSR count). The Hall–Kier alpha value is -1.48. The van der Waals surface area contributed by atoms with Crippen LogP contribution in [0.15, 0.2) is 59.1 Å². The molecule has 1 aliphatic rings. The summed E-state index contributed by atoms with van der Waals surface area (Å²) in [6, 6.07) is 17.3. The van der Waals surface area contributed by atoms with Crippen molar-refractivity contribution in [2.45, 2.75) is 24.3 Å². The van der Waals surface area contributed by atoms with Gasteiger partial charge in [0, 0.05) is 23.6 Å². The molecular weight excluding hydrogens is 412 g/mol. The van der Waals surface area contributed by atoms with Gasteiger partial charge in [0.05, 0.1) is 24.9 Å². The summed E-state index contributed by atoms with van der Waals surface area (Å²) in [6.45, 7) is 1.49. The van der Waals surface area contributed by atoms with Crippen LogP contribution in [-0.2, 0) is 4.74 Å². The Morgan fingerprint density at radius 1 is 1.15 bits per heavy atom. The molecule has 0 aromatic heterocycles. The summed E-state index contributed by atoms with van der Waals surface area (Å²) in [5.41, 5.74) is 1.09. The van der Waals surface area contributed by atoms with E-state index in [0.29, 0.717) is 19.7 Å². The van der Waals surface area contributed by atoms with Crippen molar-refractivity contribution in [2.75, 3.05) is 26.5 Å². The van der Waals surface area contributed by atoms with E-state index >= 15 is 0 Å². The highest BCUT2D eigenvalue weighted by atomic mass is 79.9. The minimum absolute atomic E-state index is 0.0518. The largest absolute Gasteiger partial charge is 0.468 e. The van der Waals surface area contributed by atoms with Gasteiger partial charge in [-0.05, 0) is 23.8 Å². The molecule has 2 aromatic rings. The fourth-order valence-corrected chi connectivity index (χ4v) is 3.41. The van der Waals surface area contributed by atoms with Crippen LogP contribution in [0.2, 0.25) is 0 Å². The van der Waals surface area contributed by atoms with Crippen molar-refractivity contribution in [3.63, 3.8) is 0 Å². The number of ether oxygens (including phenoxy) is 2. The van der Waals surface area contributed by atoms with Crippen LogP contribution in [0.25, 0.3) is 0 Å². The maximum absolute atomic E-state index is 10.00. The van der Waals surface area contributed by atoms with Crippen molar-refractivity contribution in [3.8, 4) is 5.75 Å². The number of nitrogens with one attached hydrogen (secondary N) is 2. The molecule has 2 aromatic carbocycles. The van der Waals surface area contributed by atoms with E-state index in [-0.39, 0.29) is 18.9 Å². The van der Waals surface area contributed by atoms with Crippen LogP contribution in [0.3, 0.4) is 0 Å². The first-order chi connectivity index (χ1) is 13.1. The standard InChI is InChI=1S/C20H25BrN2O4/c21-15-7-4-8-16(9-15)27-13-26-12-18(14-5-2-1-3-6-14)22-10-17-20(25)19(24)11-23-17/h1-9,17-20,22-25H,10-13H2/t17-,18+,19+,20-/m1/s1. The van der Waals surface area contributed by atoms with Gasteiger partial charge in [0.2, 0.25) is 0 Å². The van der Waals surface area contributed by atoms with E-state index in [2.05, 4.69) is 26.6 Å². The lowest BCUT2D eigenvalue weighted by Gasteiger charge is -2.23. The zero-order chi connectivity index (χ0) is 19.1. The third-order valence-corrected chi connectivity index (χ3v) is 5.06. The van der Waals surface area contributed by atoms with E-state index in [4.69, 9.17) is 9.47 Å². The van der Waals surface area contributed by atoms with Gasteiger partial charge < -0.3 is 30.3 Å². The minimum Gasteiger partial charge on any atom is -0.468 e. The highest BCUT2D eigenvalue weighted by Crippen LogP contribution is 2.18. The molecule has 146 valence electrons. The third-order valence-electron chi connectivity index (χ3n) is 4.57. The average Bonchev–Trinajstić information content (AvgIpc) is 3.00. The van der Waals surface area contributed by atoms with Gasteiger partial charge in [-0.1, -0.05) is 52.3 Å². The molecule has 0 bridgehead atoms. The predicted molar refractivity (Wildman–Crippen MR) is 107 cm³/mol. The smallest absolute Gasteiger partial charge is 0.189 e. The molecule has 0 spiro atoms. The van der Waals surface area contributed by atoms with E-state index in [1.165, 1.54) is 0 Å². The normalized spacial score (nSPS) is 23.3. The van der Waals surface area contributed by atoms with Gasteiger partial charge in [0.15, 0.2) is 6.79 Å². The second-order valence-electron chi connectivity index (χ2n) is 6.53. The van der Waals surface area contributed by atoms with Crippen LogP contribution in [-0.4, -0.2) is 55.0 Å². The quantitative estimate of drug-likeness (QED) is 0.354. The summed E-state index contributed by atoms with van der Waals surface area (Å²) in [7, 11) is 0. The van der Waals surface area contributed by atoms with Crippen LogP contribution >= 0.6 is 15.9 Å². The van der Waals surface area contributed by atoms with Crippen molar-refractivity contribution in [2.24, 2.45) is 0 Å². The zero-order valence-electron chi connectivity index (χ0n) is 14.9. The SMILES string of the molecule is O[C@H]1[C@@H](O)CN[C@@H]1CN[C@@H](COCOc1cccc(Br)c1)c1ccccc1. The number of aliphatic hydroxyl groups is 2. The summed E-state index contributed by atoms with van der Waals surface area (Å²) in [5.74, 6) is 0.737. The number of hydrogen-bond acceptors (Lipinski definition) is 6. The molecule has 0 unspecified atom stereocenters. The lowest BCUT2D eigenvalue weighted by molar-refractivity contribution is 0.00272. The van der Waals surface area contributed by atoms with E-state index < -0.39 is 12.2 Å². The number of benzene rings is 2. The van der Waals surface area contributed by atoms with Gasteiger partial charge in [-0.25, -0.2) is 0 Å². The molecule has 1 aliphatic heterocycles. The van der Waals surface area contributed by atoms with Crippen LogP contribution in [0, 0.1) is 0 Å². The van der Waals surface area contributed by atoms with Crippen molar-refractivity contribution in [3.05, 3.63) is 64.6 Å². The second kappa shape index (κ2) is 10.2. The summed E-state index contributed by atoms with van der Waals surface area (Å²) < 4.78 is 12.3. The highest BCUT2D eigenvalue weighted by Gasteiger charge is 2.33. The van der Waals surface area contributed by atoms with Crippen molar-refractivity contribution in [1.29, 1.82) is 0 Å². The Kier molecular flexibility index (Phi) is 7.63. The summed E-state index contributed by atoms with van der Waals surface area (Å²) in [5, 5.41) is 26.2. The Balaban J connectivity index is 1.51. The lowest BCUT2D eigenvalue weighted by atomic mass is 10.1. The topological polar surface area (TPSA) is 83.0 Å². The van der Waals surface area contributed by atoms with Crippen molar-refractivity contribution >= 4 is 15.9 Å². The lowest BCUT2D eigenvalue weighted by Crippen LogP contribution is -2.43. The first-order valence-electron chi connectivity index (χ1n) is 8.97. The fraction of sp³-hybridized carbons (Fsp3) is 0.400. The van der Waals surface area contributed by atoms with E-state index in [9.17, 15) is 10.2 Å². The van der Waals surface area contributed by atoms with Crippen LogP contribution in [0.5, 0.6) is 5.75 Å². The first kappa shape index (κ1) is 20.3. The molecule has 27 heavy (non-hydrogen) atoms. The Labute approximate surface area is 167 Å². The molecule has 0 amide bonds. The molecule has 0 radical (unpaired) electrons. The predicted octanol–water partition coefficient (Wildman–Crippen LogP) is 1.83. The molecule has 0 saturated carbocycles. The molecule has 4 atom stereocenters. The minimum atomic E-state index is -0.769. The molecule has 1 heterocycles. The van der Waals surface area contributed by atoms with Gasteiger partial charge in [-0.2, -0.15) is 0 Å². The van der Waals surface area contributed by atoms with E-state index in [0.717, 1.165) is 15.8 Å². The maximum Gasteiger partial charge on any atom is 0.189 e. The molecule has 4 N–H and O–H groups in total. The monoisotopic (exact) mass is 436 g/mol. The number of hydrogen-bond donors (Lipinski definition) is 4. The number of rotatable bonds is 9. The fourth-order valence-electron chi connectivity index (χ4n) is 3.03. The third kappa shape index (κ3) is 6.00. The van der Waals surface area contributed by atoms with Crippen molar-refractivity contribution < 1.29 is 19.7 Å². The molecule has 0 aliphatic carbocycles.